The number of H-pyrrole nitrogens is 1. The van der Waals surface area contributed by atoms with E-state index in [1.54, 1.807) is 6.92 Å². The standard InChI is InChI=1S/C14H13F2N5S/c1-6-3-4-8(15)7(10(6)16)5-9-18-11-12(17)20-14(22-2)21-13(11)19-9/h3-4H,5H2,1-2H3,(H3,17,18,19,20,21). The lowest BCUT2D eigenvalue weighted by molar-refractivity contribution is 0.554. The molecule has 0 spiro atoms. The number of thioether (sulfide) groups is 1. The zero-order valence-corrected chi connectivity index (χ0v) is 12.8. The highest BCUT2D eigenvalue weighted by atomic mass is 32.2. The van der Waals surface area contributed by atoms with Crippen LogP contribution in [0, 0.1) is 18.6 Å². The molecule has 0 saturated heterocycles. The number of nitrogens with two attached hydrogens (primary N) is 1. The third kappa shape index (κ3) is 2.50. The molecule has 1 aromatic carbocycles. The molecule has 114 valence electrons. The molecule has 0 unspecified atom stereocenters. The Morgan fingerprint density at radius 1 is 1.23 bits per heavy atom. The normalized spacial score (nSPS) is 11.3. The summed E-state index contributed by atoms with van der Waals surface area (Å²) in [6.07, 6.45) is 1.81. The quantitative estimate of drug-likeness (QED) is 0.573. The van der Waals surface area contributed by atoms with Crippen LogP contribution in [0.15, 0.2) is 17.3 Å². The van der Waals surface area contributed by atoms with Crippen LogP contribution in [0.2, 0.25) is 0 Å². The third-order valence-corrected chi connectivity index (χ3v) is 3.86. The van der Waals surface area contributed by atoms with E-state index in [4.69, 9.17) is 5.73 Å². The predicted octanol–water partition coefficient (Wildman–Crippen LogP) is 2.83. The van der Waals surface area contributed by atoms with Gasteiger partial charge in [-0.3, -0.25) is 0 Å². The number of imidazole rings is 1. The summed E-state index contributed by atoms with van der Waals surface area (Å²) in [4.78, 5) is 15.5. The van der Waals surface area contributed by atoms with Crippen molar-refractivity contribution in [2.75, 3.05) is 12.0 Å². The molecule has 8 heteroatoms. The number of nitrogens with one attached hydrogen (secondary N) is 1. The largest absolute Gasteiger partial charge is 0.382 e. The van der Waals surface area contributed by atoms with Crippen LogP contribution in [0.1, 0.15) is 17.0 Å². The molecule has 0 aliphatic carbocycles. The number of nitrogens with zero attached hydrogens (tertiary/aromatic N) is 3. The van der Waals surface area contributed by atoms with Gasteiger partial charge in [-0.2, -0.15) is 0 Å². The third-order valence-electron chi connectivity index (χ3n) is 3.31. The van der Waals surface area contributed by atoms with E-state index >= 15 is 0 Å². The van der Waals surface area contributed by atoms with Gasteiger partial charge in [-0.25, -0.2) is 23.7 Å². The van der Waals surface area contributed by atoms with E-state index in [2.05, 4.69) is 19.9 Å². The number of hydrogen-bond acceptors (Lipinski definition) is 5. The van der Waals surface area contributed by atoms with Gasteiger partial charge in [0, 0.05) is 12.0 Å². The number of halogens is 2. The van der Waals surface area contributed by atoms with Gasteiger partial charge in [-0.15, -0.1) is 0 Å². The molecule has 3 N–H and O–H groups in total. The Balaban J connectivity index is 2.05. The molecule has 0 atom stereocenters. The summed E-state index contributed by atoms with van der Waals surface area (Å²) in [5, 5.41) is 0.496. The van der Waals surface area contributed by atoms with E-state index in [1.807, 2.05) is 6.26 Å². The van der Waals surface area contributed by atoms with Gasteiger partial charge in [0.2, 0.25) is 0 Å². The van der Waals surface area contributed by atoms with Crippen LogP contribution in [0.5, 0.6) is 0 Å². The van der Waals surface area contributed by atoms with Crippen LogP contribution in [0.3, 0.4) is 0 Å². The highest BCUT2D eigenvalue weighted by Gasteiger charge is 2.16. The summed E-state index contributed by atoms with van der Waals surface area (Å²) < 4.78 is 27.9. The Hall–Kier alpha value is -2.22. The smallest absolute Gasteiger partial charge is 0.191 e. The van der Waals surface area contributed by atoms with E-state index in [0.717, 1.165) is 0 Å². The molecular formula is C14H13F2N5S. The Labute approximate surface area is 129 Å². The molecule has 0 amide bonds. The zero-order chi connectivity index (χ0) is 15.9. The fraction of sp³-hybridized carbons (Fsp3) is 0.214. The molecule has 0 aliphatic heterocycles. The van der Waals surface area contributed by atoms with E-state index in [1.165, 1.54) is 23.9 Å². The molecule has 0 radical (unpaired) electrons. The second-order valence-corrected chi connectivity index (χ2v) is 5.58. The molecule has 5 nitrogen and oxygen atoms in total. The van der Waals surface area contributed by atoms with Crippen molar-refractivity contribution in [1.29, 1.82) is 0 Å². The Morgan fingerprint density at radius 3 is 2.73 bits per heavy atom. The fourth-order valence-corrected chi connectivity index (χ4v) is 2.53. The van der Waals surface area contributed by atoms with Gasteiger partial charge >= 0.3 is 0 Å². The minimum atomic E-state index is -0.604. The highest BCUT2D eigenvalue weighted by molar-refractivity contribution is 7.98. The second kappa shape index (κ2) is 5.53. The topological polar surface area (TPSA) is 80.5 Å². The number of benzene rings is 1. The maximum absolute atomic E-state index is 14.1. The predicted molar refractivity (Wildman–Crippen MR) is 81.8 cm³/mol. The Kier molecular flexibility index (Phi) is 3.69. The number of aromatic amines is 1. The van der Waals surface area contributed by atoms with Crippen molar-refractivity contribution >= 4 is 28.7 Å². The molecule has 0 aliphatic rings. The van der Waals surface area contributed by atoms with E-state index in [-0.39, 0.29) is 17.8 Å². The number of rotatable bonds is 3. The van der Waals surface area contributed by atoms with Crippen LogP contribution in [0.4, 0.5) is 14.6 Å². The van der Waals surface area contributed by atoms with Crippen LogP contribution in [0.25, 0.3) is 11.2 Å². The monoisotopic (exact) mass is 321 g/mol. The van der Waals surface area contributed by atoms with Gasteiger partial charge in [0.1, 0.15) is 23.0 Å². The lowest BCUT2D eigenvalue weighted by atomic mass is 10.1. The molecule has 3 aromatic rings. The van der Waals surface area contributed by atoms with E-state index in [0.29, 0.717) is 27.7 Å². The SMILES string of the molecule is CSc1nc(N)c2[nH]c(Cc3c(F)ccc(C)c3F)nc2n1. The summed E-state index contributed by atoms with van der Waals surface area (Å²) in [7, 11) is 0. The minimum absolute atomic E-state index is 0.0102. The van der Waals surface area contributed by atoms with Gasteiger partial charge in [0.25, 0.3) is 0 Å². The fourth-order valence-electron chi connectivity index (χ4n) is 2.17. The van der Waals surface area contributed by atoms with Crippen molar-refractivity contribution < 1.29 is 8.78 Å². The first-order valence-corrected chi connectivity index (χ1v) is 7.71. The molecule has 0 saturated carbocycles. The number of hydrogen-bond donors (Lipinski definition) is 2. The van der Waals surface area contributed by atoms with Crippen molar-refractivity contribution in [3.8, 4) is 0 Å². The average molecular weight is 321 g/mol. The van der Waals surface area contributed by atoms with E-state index in [9.17, 15) is 8.78 Å². The summed E-state index contributed by atoms with van der Waals surface area (Å²) in [5.41, 5.74) is 7.06. The van der Waals surface area contributed by atoms with E-state index < -0.39 is 11.6 Å². The molecule has 2 aromatic heterocycles. The number of nitrogen functional groups attached to an aromatic ring is 1. The average Bonchev–Trinajstić information content (AvgIpc) is 2.91. The maximum Gasteiger partial charge on any atom is 0.191 e. The first-order valence-electron chi connectivity index (χ1n) is 6.49. The van der Waals surface area contributed by atoms with Crippen LogP contribution < -0.4 is 5.73 Å². The van der Waals surface area contributed by atoms with Crippen LogP contribution in [-0.4, -0.2) is 26.2 Å². The highest BCUT2D eigenvalue weighted by Crippen LogP contribution is 2.23. The zero-order valence-electron chi connectivity index (χ0n) is 11.9. The van der Waals surface area contributed by atoms with Crippen molar-refractivity contribution in [1.82, 2.24) is 19.9 Å². The molecule has 2 heterocycles. The molecule has 0 bridgehead atoms. The Morgan fingerprint density at radius 2 is 2.00 bits per heavy atom. The number of aryl methyl sites for hydroxylation is 1. The number of aromatic nitrogens is 4. The van der Waals surface area contributed by atoms with Crippen molar-refractivity contribution in [3.63, 3.8) is 0 Å². The maximum atomic E-state index is 14.1. The summed E-state index contributed by atoms with van der Waals surface area (Å²) in [6, 6.07) is 2.65. The molecule has 22 heavy (non-hydrogen) atoms. The summed E-state index contributed by atoms with van der Waals surface area (Å²) >= 11 is 1.34. The molecular weight excluding hydrogens is 308 g/mol. The van der Waals surface area contributed by atoms with Crippen molar-refractivity contribution in [3.05, 3.63) is 40.7 Å². The minimum Gasteiger partial charge on any atom is -0.382 e. The lowest BCUT2D eigenvalue weighted by Gasteiger charge is -2.05. The number of anilines is 1. The van der Waals surface area contributed by atoms with Crippen molar-refractivity contribution in [2.45, 2.75) is 18.5 Å². The van der Waals surface area contributed by atoms with Gasteiger partial charge < -0.3 is 10.7 Å². The van der Waals surface area contributed by atoms with Crippen molar-refractivity contribution in [2.24, 2.45) is 0 Å². The summed E-state index contributed by atoms with van der Waals surface area (Å²) in [5.74, 6) is -0.521. The second-order valence-electron chi connectivity index (χ2n) is 4.81. The molecule has 0 fully saturated rings. The van der Waals surface area contributed by atoms with Crippen LogP contribution >= 0.6 is 11.8 Å². The van der Waals surface area contributed by atoms with Gasteiger partial charge in [0.15, 0.2) is 16.6 Å². The lowest BCUT2D eigenvalue weighted by Crippen LogP contribution is -2.00. The van der Waals surface area contributed by atoms with Gasteiger partial charge in [-0.1, -0.05) is 17.8 Å². The first-order chi connectivity index (χ1) is 10.5. The van der Waals surface area contributed by atoms with Crippen LogP contribution in [-0.2, 0) is 6.42 Å². The summed E-state index contributed by atoms with van der Waals surface area (Å²) in [6.45, 7) is 1.59. The van der Waals surface area contributed by atoms with Gasteiger partial charge in [-0.05, 0) is 24.8 Å². The van der Waals surface area contributed by atoms with Gasteiger partial charge in [0.05, 0.1) is 0 Å². The molecule has 3 rings (SSSR count). The number of fused-ring (bicyclic) bond motifs is 1. The Bertz CT molecular complexity index is 862. The first kappa shape index (κ1) is 14.7.